The van der Waals surface area contributed by atoms with Gasteiger partial charge in [-0.25, -0.2) is 0 Å². The molecular weight excluding hydrogens is 266 g/mol. The smallest absolute Gasteiger partial charge is 0.320 e. The summed E-state index contributed by atoms with van der Waals surface area (Å²) >= 11 is 0. The van der Waals surface area contributed by atoms with Crippen molar-refractivity contribution in [1.29, 1.82) is 0 Å². The molecule has 0 aliphatic rings. The largest absolute Gasteiger partial charge is 0.504 e. The Bertz CT molecular complexity index is 488. The van der Waals surface area contributed by atoms with E-state index in [9.17, 15) is 13.5 Å². The van der Waals surface area contributed by atoms with E-state index in [0.717, 1.165) is 0 Å². The Morgan fingerprint density at radius 2 is 2.00 bits per heavy atom. The van der Waals surface area contributed by atoms with Crippen molar-refractivity contribution in [3.63, 3.8) is 0 Å². The van der Waals surface area contributed by atoms with Crippen LogP contribution in [-0.4, -0.2) is 36.8 Å². The number of aromatic hydroxyl groups is 2. The average molecular weight is 279 g/mol. The predicted molar refractivity (Wildman–Crippen MR) is 65.6 cm³/mol. The van der Waals surface area contributed by atoms with Gasteiger partial charge in [-0.1, -0.05) is 6.07 Å². The molecule has 6 nitrogen and oxygen atoms in total. The maximum atomic E-state index is 10.8. The summed E-state index contributed by atoms with van der Waals surface area (Å²) in [5.74, 6) is -0.617. The van der Waals surface area contributed by atoms with Gasteiger partial charge < -0.3 is 15.5 Å². The third-order valence-corrected chi connectivity index (χ3v) is 4.34. The van der Waals surface area contributed by atoms with Crippen LogP contribution in [-0.2, 0) is 9.15 Å². The van der Waals surface area contributed by atoms with E-state index < -0.39 is 14.4 Å². The Morgan fingerprint density at radius 1 is 1.35 bits per heavy atom. The first-order valence-electron chi connectivity index (χ1n) is 4.65. The van der Waals surface area contributed by atoms with Gasteiger partial charge in [0.05, 0.1) is 5.25 Å². The van der Waals surface area contributed by atoms with E-state index in [1.807, 2.05) is 0 Å². The molecule has 1 rings (SSSR count). The Kier molecular flexibility index (Phi) is 4.63. The third-order valence-electron chi connectivity index (χ3n) is 2.00. The number of hydrogen-bond acceptors (Lipinski definition) is 6. The van der Waals surface area contributed by atoms with Crippen LogP contribution in [0.3, 0.4) is 0 Å². The average Bonchev–Trinajstić information content (AvgIpc) is 2.19. The van der Waals surface area contributed by atoms with Gasteiger partial charge in [-0.2, -0.15) is 8.42 Å². The van der Waals surface area contributed by atoms with E-state index in [4.69, 9.17) is 9.66 Å². The molecule has 0 saturated heterocycles. The Morgan fingerprint density at radius 3 is 2.47 bits per heavy atom. The van der Waals surface area contributed by atoms with Gasteiger partial charge in [-0.3, -0.25) is 4.55 Å². The molecule has 1 unspecified atom stereocenters. The van der Waals surface area contributed by atoms with Crippen molar-refractivity contribution in [1.82, 2.24) is 5.32 Å². The number of rotatable bonds is 5. The van der Waals surface area contributed by atoms with Crippen LogP contribution in [0.4, 0.5) is 0 Å². The summed E-state index contributed by atoms with van der Waals surface area (Å²) < 4.78 is 30.4. The normalized spacial score (nSPS) is 13.5. The van der Waals surface area contributed by atoms with E-state index in [-0.39, 0.29) is 18.0 Å². The fraction of sp³-hybridized carbons (Fsp3) is 0.333. The molecule has 0 heterocycles. The van der Waals surface area contributed by atoms with Gasteiger partial charge >= 0.3 is 9.15 Å². The Hall–Kier alpha value is -0.960. The van der Waals surface area contributed by atoms with Crippen LogP contribution in [0.15, 0.2) is 18.2 Å². The highest BCUT2D eigenvalue weighted by molar-refractivity contribution is 8.70. The molecule has 0 radical (unpaired) electrons. The number of likely N-dealkylation sites (N-methyl/N-ethyl adjacent to an activating group) is 1. The SMILES string of the molecule is CNCC(SS(=O)(=O)O)c1ccc(O)c(O)c1. The molecule has 96 valence electrons. The molecule has 0 spiro atoms. The number of nitrogens with one attached hydrogen (secondary N) is 1. The number of phenols is 2. The molecule has 0 fully saturated rings. The van der Waals surface area contributed by atoms with Gasteiger partial charge in [0.1, 0.15) is 0 Å². The van der Waals surface area contributed by atoms with Crippen LogP contribution in [0.2, 0.25) is 0 Å². The lowest BCUT2D eigenvalue weighted by Crippen LogP contribution is -2.16. The Balaban J connectivity index is 3.01. The zero-order chi connectivity index (χ0) is 13.1. The minimum absolute atomic E-state index is 0.284. The van der Waals surface area contributed by atoms with E-state index in [1.54, 1.807) is 7.05 Å². The molecular formula is C9H13NO5S2. The van der Waals surface area contributed by atoms with Crippen molar-refractivity contribution in [2.75, 3.05) is 13.6 Å². The monoisotopic (exact) mass is 279 g/mol. The van der Waals surface area contributed by atoms with Gasteiger partial charge in [-0.05, 0) is 24.7 Å². The molecule has 17 heavy (non-hydrogen) atoms. The second-order valence-corrected chi connectivity index (χ2v) is 6.78. The Labute approximate surface area is 103 Å². The van der Waals surface area contributed by atoms with Crippen LogP contribution in [0.25, 0.3) is 0 Å². The van der Waals surface area contributed by atoms with Crippen molar-refractivity contribution >= 4 is 19.9 Å². The van der Waals surface area contributed by atoms with E-state index in [2.05, 4.69) is 5.32 Å². The van der Waals surface area contributed by atoms with E-state index >= 15 is 0 Å². The number of benzene rings is 1. The lowest BCUT2D eigenvalue weighted by atomic mass is 10.1. The van der Waals surface area contributed by atoms with Gasteiger partial charge in [0, 0.05) is 17.3 Å². The highest BCUT2D eigenvalue weighted by Crippen LogP contribution is 2.35. The number of phenolic OH excluding ortho intramolecular Hbond substituents is 2. The van der Waals surface area contributed by atoms with Crippen LogP contribution in [0, 0.1) is 0 Å². The molecule has 1 aromatic carbocycles. The fourth-order valence-corrected chi connectivity index (χ4v) is 3.48. The van der Waals surface area contributed by atoms with Gasteiger partial charge in [0.2, 0.25) is 0 Å². The van der Waals surface area contributed by atoms with Crippen LogP contribution >= 0.6 is 10.8 Å². The fourth-order valence-electron chi connectivity index (χ4n) is 1.28. The highest BCUT2D eigenvalue weighted by Gasteiger charge is 2.20. The topological polar surface area (TPSA) is 107 Å². The molecule has 0 bridgehead atoms. The van der Waals surface area contributed by atoms with Crippen LogP contribution < -0.4 is 5.32 Å². The van der Waals surface area contributed by atoms with Crippen molar-refractivity contribution in [3.8, 4) is 11.5 Å². The zero-order valence-electron chi connectivity index (χ0n) is 8.99. The summed E-state index contributed by atoms with van der Waals surface area (Å²) in [6.07, 6.45) is 0. The maximum Gasteiger partial charge on any atom is 0.320 e. The van der Waals surface area contributed by atoms with Crippen molar-refractivity contribution in [2.45, 2.75) is 5.25 Å². The molecule has 0 saturated carbocycles. The van der Waals surface area contributed by atoms with E-state index in [1.165, 1.54) is 18.2 Å². The van der Waals surface area contributed by atoms with Crippen LogP contribution in [0.5, 0.6) is 11.5 Å². The van der Waals surface area contributed by atoms with Crippen molar-refractivity contribution in [2.24, 2.45) is 0 Å². The first-order valence-corrected chi connectivity index (χ1v) is 7.49. The molecule has 0 amide bonds. The minimum atomic E-state index is -4.18. The third kappa shape index (κ3) is 4.43. The summed E-state index contributed by atoms with van der Waals surface area (Å²) in [6.45, 7) is 0.286. The van der Waals surface area contributed by atoms with Gasteiger partial charge in [0.15, 0.2) is 11.5 Å². The number of hydrogen-bond donors (Lipinski definition) is 4. The second-order valence-electron chi connectivity index (χ2n) is 3.32. The summed E-state index contributed by atoms with van der Waals surface area (Å²) in [6, 6.07) is 4.00. The van der Waals surface area contributed by atoms with Gasteiger partial charge in [-0.15, -0.1) is 0 Å². The summed E-state index contributed by atoms with van der Waals surface area (Å²) in [5.41, 5.74) is 0.484. The maximum absolute atomic E-state index is 10.8. The predicted octanol–water partition coefficient (Wildman–Crippen LogP) is 0.894. The second kappa shape index (κ2) is 5.58. The molecule has 0 aliphatic carbocycles. The first-order chi connectivity index (χ1) is 7.83. The van der Waals surface area contributed by atoms with Crippen LogP contribution in [0.1, 0.15) is 10.8 Å². The highest BCUT2D eigenvalue weighted by atomic mass is 33.1. The van der Waals surface area contributed by atoms with Crippen molar-refractivity contribution in [3.05, 3.63) is 23.8 Å². The van der Waals surface area contributed by atoms with Gasteiger partial charge in [0.25, 0.3) is 0 Å². The molecule has 8 heteroatoms. The minimum Gasteiger partial charge on any atom is -0.504 e. The molecule has 0 aromatic heterocycles. The molecule has 1 aromatic rings. The zero-order valence-corrected chi connectivity index (χ0v) is 10.6. The molecule has 4 N–H and O–H groups in total. The van der Waals surface area contributed by atoms with E-state index in [0.29, 0.717) is 16.4 Å². The lowest BCUT2D eigenvalue weighted by Gasteiger charge is -2.14. The molecule has 0 aliphatic heterocycles. The standard InChI is InChI=1S/C9H13NO5S2/c1-10-5-9(16-17(13,14)15)6-2-3-7(11)8(12)4-6/h2-4,9-12H,5H2,1H3,(H,13,14,15). The summed E-state index contributed by atoms with van der Waals surface area (Å²) in [7, 11) is -2.18. The van der Waals surface area contributed by atoms with Crippen molar-refractivity contribution < 1.29 is 23.2 Å². The summed E-state index contributed by atoms with van der Waals surface area (Å²) in [4.78, 5) is 0. The molecule has 1 atom stereocenters. The first kappa shape index (κ1) is 14.1. The summed E-state index contributed by atoms with van der Waals surface area (Å²) in [5, 5.41) is 20.7. The lowest BCUT2D eigenvalue weighted by molar-refractivity contribution is 0.403. The quantitative estimate of drug-likeness (QED) is 0.360.